The smallest absolute Gasteiger partial charge is 0.356 e. The Morgan fingerprint density at radius 3 is 2.37 bits per heavy atom. The van der Waals surface area contributed by atoms with Crippen molar-refractivity contribution in [2.45, 2.75) is 56.8 Å². The highest BCUT2D eigenvalue weighted by atomic mass is 32.2. The van der Waals surface area contributed by atoms with Gasteiger partial charge in [0.1, 0.15) is 23.7 Å². The highest BCUT2D eigenvalue weighted by Gasteiger charge is 2.39. The second-order valence-corrected chi connectivity index (χ2v) is 13.0. The van der Waals surface area contributed by atoms with E-state index in [-0.39, 0.29) is 30.0 Å². The molecule has 13 nitrogen and oxygen atoms in total. The Labute approximate surface area is 265 Å². The Kier molecular flexibility index (Phi) is 11.4. The van der Waals surface area contributed by atoms with E-state index < -0.39 is 45.9 Å². The molecule has 0 bridgehead atoms. The van der Waals surface area contributed by atoms with Gasteiger partial charge in [-0.25, -0.2) is 9.97 Å². The number of carbonyl (C=O) groups excluding carboxylic acids is 2. The predicted octanol–water partition coefficient (Wildman–Crippen LogP) is 1.63. The van der Waals surface area contributed by atoms with Crippen molar-refractivity contribution in [3.8, 4) is 6.07 Å². The average molecular weight is 667 g/mol. The maximum Gasteiger partial charge on any atom is 0.451 e. The number of aromatic nitrogens is 2. The van der Waals surface area contributed by atoms with Crippen LogP contribution in [0.3, 0.4) is 0 Å². The fourth-order valence-corrected chi connectivity index (χ4v) is 6.25. The Hall–Kier alpha value is -4.01. The lowest BCUT2D eigenvalue weighted by atomic mass is 9.93. The fourth-order valence-electron chi connectivity index (χ4n) is 5.65. The molecule has 2 aromatic rings. The van der Waals surface area contributed by atoms with Crippen molar-refractivity contribution in [2.75, 3.05) is 48.3 Å². The molecule has 5 N–H and O–H groups in total. The number of anilines is 2. The van der Waals surface area contributed by atoms with Gasteiger partial charge in [-0.1, -0.05) is 12.1 Å². The van der Waals surface area contributed by atoms with Crippen molar-refractivity contribution in [3.05, 3.63) is 47.3 Å². The summed E-state index contributed by atoms with van der Waals surface area (Å²) in [5, 5.41) is 14.4. The molecular formula is C29H37F3N8O5S. The molecule has 46 heavy (non-hydrogen) atoms. The fraction of sp³-hybridized carbons (Fsp3) is 0.552. The summed E-state index contributed by atoms with van der Waals surface area (Å²) in [5.41, 5.74) is 6.97. The van der Waals surface area contributed by atoms with E-state index in [1.807, 2.05) is 6.07 Å². The molecule has 2 aliphatic heterocycles. The minimum absolute atomic E-state index is 0.0353. The molecule has 3 heterocycles. The number of carbonyl (C=O) groups is 2. The number of nitrogens with one attached hydrogen (secondary N) is 2. The predicted molar refractivity (Wildman–Crippen MR) is 162 cm³/mol. The van der Waals surface area contributed by atoms with Crippen molar-refractivity contribution in [1.29, 1.82) is 5.26 Å². The number of nitrogens with two attached hydrogens (primary N) is 1. The van der Waals surface area contributed by atoms with E-state index in [0.29, 0.717) is 70.3 Å². The summed E-state index contributed by atoms with van der Waals surface area (Å²) in [6.45, 7) is 1.74. The molecule has 2 amide bonds. The number of rotatable bonds is 12. The molecule has 1 aromatic heterocycles. The summed E-state index contributed by atoms with van der Waals surface area (Å²) >= 11 is 0. The molecule has 250 valence electrons. The molecule has 17 heteroatoms. The monoisotopic (exact) mass is 666 g/mol. The van der Waals surface area contributed by atoms with Crippen LogP contribution in [-0.2, 0) is 32.3 Å². The number of hydrogen-bond donors (Lipinski definition) is 4. The van der Waals surface area contributed by atoms with Crippen LogP contribution in [0.25, 0.3) is 0 Å². The first-order chi connectivity index (χ1) is 21.7. The molecule has 0 saturated carbocycles. The minimum atomic E-state index is -4.80. The van der Waals surface area contributed by atoms with Gasteiger partial charge >= 0.3 is 6.18 Å². The number of alkyl halides is 3. The van der Waals surface area contributed by atoms with Crippen LogP contribution in [0.2, 0.25) is 0 Å². The molecule has 0 radical (unpaired) electrons. The topological polar surface area (TPSA) is 195 Å². The first-order valence-electron chi connectivity index (χ1n) is 15.0. The first-order valence-corrected chi connectivity index (χ1v) is 16.6. The zero-order chi connectivity index (χ0) is 33.5. The third-order valence-corrected chi connectivity index (χ3v) is 8.90. The third-order valence-electron chi connectivity index (χ3n) is 8.12. The van der Waals surface area contributed by atoms with Gasteiger partial charge in [0.2, 0.25) is 17.6 Å². The van der Waals surface area contributed by atoms with Gasteiger partial charge in [-0.15, -0.1) is 0 Å². The van der Waals surface area contributed by atoms with Gasteiger partial charge < -0.3 is 26.2 Å². The summed E-state index contributed by atoms with van der Waals surface area (Å²) < 4.78 is 72.4. The number of piperidine rings is 1. The van der Waals surface area contributed by atoms with Gasteiger partial charge in [0, 0.05) is 38.8 Å². The maximum absolute atomic E-state index is 13.9. The maximum atomic E-state index is 13.9. The number of nitriles is 1. The number of hydrogen-bond acceptors (Lipinski definition) is 10. The van der Waals surface area contributed by atoms with E-state index in [0.717, 1.165) is 5.56 Å². The third kappa shape index (κ3) is 9.74. The van der Waals surface area contributed by atoms with Crippen LogP contribution < -0.4 is 26.2 Å². The Bertz CT molecular complexity index is 1530. The zero-order valence-corrected chi connectivity index (χ0v) is 25.9. The number of halogens is 3. The Morgan fingerprint density at radius 1 is 1.07 bits per heavy atom. The van der Waals surface area contributed by atoms with Crippen LogP contribution in [0.15, 0.2) is 30.3 Å². The Morgan fingerprint density at radius 2 is 1.74 bits per heavy atom. The highest BCUT2D eigenvalue weighted by Crippen LogP contribution is 2.34. The van der Waals surface area contributed by atoms with Gasteiger partial charge in [0.05, 0.1) is 17.4 Å². The standard InChI is InChI=1S/C29H37F3N8O5S/c30-29(31,32)28-37-24(39-14-9-20(10-15-39)8-11-35-26(41)22(34)18-46(43,44)45)16-25(38-28)40-13-1-2-23(40)27(42)36-12-7-19-3-5-21(17-33)6-4-19/h3-6,16,20,22-23H,1-2,7-15,18,34H2,(H,35,41)(H,36,42)(H,43,44,45). The van der Waals surface area contributed by atoms with Gasteiger partial charge in [-0.05, 0) is 62.1 Å². The van der Waals surface area contributed by atoms with E-state index in [1.165, 1.54) is 6.07 Å². The quantitative estimate of drug-likeness (QED) is 0.241. The van der Waals surface area contributed by atoms with Crippen LogP contribution in [-0.4, -0.2) is 85.3 Å². The molecule has 0 aliphatic carbocycles. The molecule has 2 fully saturated rings. The molecule has 2 unspecified atom stereocenters. The molecule has 4 rings (SSSR count). The van der Waals surface area contributed by atoms with E-state index >= 15 is 0 Å². The first kappa shape index (κ1) is 34.9. The Balaban J connectivity index is 1.35. The summed E-state index contributed by atoms with van der Waals surface area (Å²) in [4.78, 5) is 36.1. The second-order valence-electron chi connectivity index (χ2n) is 11.5. The van der Waals surface area contributed by atoms with Gasteiger partial charge in [0.25, 0.3) is 10.1 Å². The highest BCUT2D eigenvalue weighted by molar-refractivity contribution is 7.85. The summed E-state index contributed by atoms with van der Waals surface area (Å²) in [7, 11) is -4.39. The molecule has 2 saturated heterocycles. The SMILES string of the molecule is N#Cc1ccc(CCNC(=O)C2CCCN2c2cc(N3CCC(CCNC(=O)C(N)CS(=O)(=O)O)CC3)nc(C(F)(F)F)n2)cc1. The second kappa shape index (κ2) is 15.1. The number of nitrogens with zero attached hydrogens (tertiary/aromatic N) is 5. The van der Waals surface area contributed by atoms with Crippen molar-refractivity contribution >= 4 is 33.6 Å². The van der Waals surface area contributed by atoms with Crippen molar-refractivity contribution in [2.24, 2.45) is 11.7 Å². The van der Waals surface area contributed by atoms with Crippen LogP contribution in [0.5, 0.6) is 0 Å². The van der Waals surface area contributed by atoms with Gasteiger partial charge in [-0.2, -0.15) is 26.9 Å². The minimum Gasteiger partial charge on any atom is -0.356 e. The summed E-state index contributed by atoms with van der Waals surface area (Å²) in [6.07, 6.45) is -1.41. The van der Waals surface area contributed by atoms with Crippen molar-refractivity contribution < 1.29 is 35.7 Å². The van der Waals surface area contributed by atoms with Crippen molar-refractivity contribution in [3.63, 3.8) is 0 Å². The van der Waals surface area contributed by atoms with Crippen LogP contribution in [0, 0.1) is 17.2 Å². The number of benzene rings is 1. The average Bonchev–Trinajstić information content (AvgIpc) is 3.51. The van der Waals surface area contributed by atoms with E-state index in [1.54, 1.807) is 34.1 Å². The number of amides is 2. The van der Waals surface area contributed by atoms with Gasteiger partial charge in [0.15, 0.2) is 0 Å². The molecular weight excluding hydrogens is 629 g/mol. The molecule has 0 spiro atoms. The largest absolute Gasteiger partial charge is 0.451 e. The summed E-state index contributed by atoms with van der Waals surface area (Å²) in [6, 6.07) is 8.46. The molecule has 1 aromatic carbocycles. The van der Waals surface area contributed by atoms with E-state index in [2.05, 4.69) is 20.6 Å². The summed E-state index contributed by atoms with van der Waals surface area (Å²) in [5.74, 6) is -2.87. The molecule has 2 atom stereocenters. The lowest BCUT2D eigenvalue weighted by Gasteiger charge is -2.34. The van der Waals surface area contributed by atoms with Crippen LogP contribution in [0.1, 0.15) is 49.1 Å². The normalized spacial score (nSPS) is 18.2. The van der Waals surface area contributed by atoms with E-state index in [4.69, 9.17) is 15.5 Å². The zero-order valence-electron chi connectivity index (χ0n) is 25.0. The van der Waals surface area contributed by atoms with Crippen LogP contribution >= 0.6 is 0 Å². The van der Waals surface area contributed by atoms with Crippen LogP contribution in [0.4, 0.5) is 24.8 Å². The van der Waals surface area contributed by atoms with Gasteiger partial charge in [-0.3, -0.25) is 14.1 Å². The lowest BCUT2D eigenvalue weighted by Crippen LogP contribution is -2.45. The lowest BCUT2D eigenvalue weighted by molar-refractivity contribution is -0.144. The van der Waals surface area contributed by atoms with E-state index in [9.17, 15) is 31.2 Å². The molecule has 2 aliphatic rings. The van der Waals surface area contributed by atoms with Crippen molar-refractivity contribution in [1.82, 2.24) is 20.6 Å².